The molecule has 1 aliphatic carbocycles. The van der Waals surface area contributed by atoms with Gasteiger partial charge in [-0.25, -0.2) is 0 Å². The van der Waals surface area contributed by atoms with Crippen LogP contribution in [-0.2, 0) is 0 Å². The molecule has 4 aliphatic rings. The maximum atomic E-state index is 3.82. The first-order chi connectivity index (χ1) is 12.4. The Hall–Kier alpha value is -0.160. The molecule has 0 unspecified atom stereocenters. The second-order valence-electron chi connectivity index (χ2n) is 8.60. The van der Waals surface area contributed by atoms with E-state index in [4.69, 9.17) is 0 Å². The molecule has 0 atom stereocenters. The highest BCUT2D eigenvalue weighted by molar-refractivity contribution is 4.81. The molecule has 3 aliphatic heterocycles. The zero-order valence-corrected chi connectivity index (χ0v) is 16.4. The highest BCUT2D eigenvalue weighted by atomic mass is 15.2. The first-order valence-electron chi connectivity index (χ1n) is 11.3. The number of piperidine rings is 3. The summed E-state index contributed by atoms with van der Waals surface area (Å²) < 4.78 is 0. The van der Waals surface area contributed by atoms with Gasteiger partial charge in [0.25, 0.3) is 0 Å². The van der Waals surface area contributed by atoms with Gasteiger partial charge in [0.15, 0.2) is 0 Å². The van der Waals surface area contributed by atoms with Crippen molar-refractivity contribution in [1.82, 2.24) is 20.9 Å². The normalized spacial score (nSPS) is 28.3. The molecule has 4 fully saturated rings. The molecule has 0 spiro atoms. The molecule has 1 saturated carbocycles. The number of likely N-dealkylation sites (tertiary alicyclic amines) is 1. The molecular formula is C21H42N4. The topological polar surface area (TPSA) is 39.3 Å². The molecular weight excluding hydrogens is 308 g/mol. The van der Waals surface area contributed by atoms with Crippen LogP contribution in [0.3, 0.4) is 0 Å². The molecule has 0 amide bonds. The van der Waals surface area contributed by atoms with Gasteiger partial charge in [-0.05, 0) is 90.6 Å². The molecule has 4 nitrogen and oxygen atoms in total. The highest BCUT2D eigenvalue weighted by Gasteiger charge is 2.22. The van der Waals surface area contributed by atoms with Crippen molar-refractivity contribution in [3.63, 3.8) is 0 Å². The number of nitrogens with one attached hydrogen (secondary N) is 3. The summed E-state index contributed by atoms with van der Waals surface area (Å²) >= 11 is 0. The molecule has 3 heterocycles. The molecule has 0 radical (unpaired) electrons. The fourth-order valence-electron chi connectivity index (χ4n) is 5.05. The van der Waals surface area contributed by atoms with Gasteiger partial charge in [-0.15, -0.1) is 0 Å². The van der Waals surface area contributed by atoms with Gasteiger partial charge in [0.05, 0.1) is 0 Å². The van der Waals surface area contributed by atoms with Crippen molar-refractivity contribution in [3.05, 3.63) is 0 Å². The van der Waals surface area contributed by atoms with Gasteiger partial charge in [0.1, 0.15) is 0 Å². The van der Waals surface area contributed by atoms with Crippen LogP contribution in [0.4, 0.5) is 0 Å². The third-order valence-corrected chi connectivity index (χ3v) is 6.63. The van der Waals surface area contributed by atoms with Crippen LogP contribution in [-0.4, -0.2) is 62.3 Å². The van der Waals surface area contributed by atoms with Crippen LogP contribution in [0.15, 0.2) is 0 Å². The van der Waals surface area contributed by atoms with Crippen molar-refractivity contribution in [1.29, 1.82) is 0 Å². The molecule has 25 heavy (non-hydrogen) atoms. The molecule has 146 valence electrons. The zero-order chi connectivity index (χ0) is 17.2. The standard InChI is InChI=1S/C11H22N2.C10H20N2/c1-2-4-10(5-3-1)13-11-6-8-12-9-7-11;1-2-8-12(9-3-1)10-4-6-11-7-5-10/h10-13H,1-9H2;10-11H,1-9H2. The lowest BCUT2D eigenvalue weighted by molar-refractivity contribution is 0.136. The Bertz CT molecular complexity index is 293. The Morgan fingerprint density at radius 3 is 1.72 bits per heavy atom. The molecule has 3 N–H and O–H groups in total. The van der Waals surface area contributed by atoms with E-state index in [1.165, 1.54) is 116 Å². The molecule has 0 bridgehead atoms. The van der Waals surface area contributed by atoms with Gasteiger partial charge in [-0.2, -0.15) is 0 Å². The summed E-state index contributed by atoms with van der Waals surface area (Å²) in [6.07, 6.45) is 16.9. The largest absolute Gasteiger partial charge is 0.317 e. The van der Waals surface area contributed by atoms with E-state index in [0.717, 1.165) is 18.1 Å². The summed E-state index contributed by atoms with van der Waals surface area (Å²) in [5, 5.41) is 10.7. The highest BCUT2D eigenvalue weighted by Crippen LogP contribution is 2.19. The van der Waals surface area contributed by atoms with E-state index in [2.05, 4.69) is 20.9 Å². The van der Waals surface area contributed by atoms with Crippen molar-refractivity contribution < 1.29 is 0 Å². The zero-order valence-electron chi connectivity index (χ0n) is 16.4. The van der Waals surface area contributed by atoms with Gasteiger partial charge in [0.2, 0.25) is 0 Å². The van der Waals surface area contributed by atoms with Crippen LogP contribution in [0.5, 0.6) is 0 Å². The summed E-state index contributed by atoms with van der Waals surface area (Å²) in [6.45, 7) is 7.63. The average Bonchev–Trinajstić information content (AvgIpc) is 2.71. The van der Waals surface area contributed by atoms with Crippen LogP contribution < -0.4 is 16.0 Å². The van der Waals surface area contributed by atoms with Crippen molar-refractivity contribution in [3.8, 4) is 0 Å². The van der Waals surface area contributed by atoms with Crippen LogP contribution in [0, 0.1) is 0 Å². The first kappa shape index (κ1) is 19.6. The van der Waals surface area contributed by atoms with Gasteiger partial charge in [-0.3, -0.25) is 0 Å². The molecule has 0 aromatic heterocycles. The van der Waals surface area contributed by atoms with Crippen LogP contribution in [0.2, 0.25) is 0 Å². The lowest BCUT2D eigenvalue weighted by Gasteiger charge is -2.36. The van der Waals surface area contributed by atoms with Crippen molar-refractivity contribution >= 4 is 0 Å². The van der Waals surface area contributed by atoms with Gasteiger partial charge in [0, 0.05) is 18.1 Å². The minimum absolute atomic E-state index is 0.810. The van der Waals surface area contributed by atoms with E-state index >= 15 is 0 Å². The van der Waals surface area contributed by atoms with Crippen molar-refractivity contribution in [2.45, 2.75) is 95.2 Å². The van der Waals surface area contributed by atoms with Crippen molar-refractivity contribution in [2.24, 2.45) is 0 Å². The quantitative estimate of drug-likeness (QED) is 0.732. The fraction of sp³-hybridized carbons (Fsp3) is 1.00. The number of rotatable bonds is 3. The molecule has 4 rings (SSSR count). The van der Waals surface area contributed by atoms with E-state index in [1.807, 2.05) is 0 Å². The summed E-state index contributed by atoms with van der Waals surface area (Å²) in [5.41, 5.74) is 0. The number of hydrogen-bond donors (Lipinski definition) is 3. The predicted octanol–water partition coefficient (Wildman–Crippen LogP) is 2.89. The van der Waals surface area contributed by atoms with Gasteiger partial charge in [-0.1, -0.05) is 25.7 Å². The third-order valence-electron chi connectivity index (χ3n) is 6.63. The Morgan fingerprint density at radius 1 is 0.560 bits per heavy atom. The maximum Gasteiger partial charge on any atom is 0.0119 e. The van der Waals surface area contributed by atoms with E-state index in [-0.39, 0.29) is 0 Å². The van der Waals surface area contributed by atoms with E-state index < -0.39 is 0 Å². The van der Waals surface area contributed by atoms with Gasteiger partial charge >= 0.3 is 0 Å². The first-order valence-corrected chi connectivity index (χ1v) is 11.3. The number of nitrogens with zero attached hydrogens (tertiary/aromatic N) is 1. The second-order valence-corrected chi connectivity index (χ2v) is 8.60. The molecule has 0 aromatic carbocycles. The molecule has 4 heteroatoms. The number of hydrogen-bond acceptors (Lipinski definition) is 4. The summed E-state index contributed by atoms with van der Waals surface area (Å²) in [4.78, 5) is 2.71. The van der Waals surface area contributed by atoms with Crippen LogP contribution >= 0.6 is 0 Å². The van der Waals surface area contributed by atoms with Crippen molar-refractivity contribution in [2.75, 3.05) is 39.3 Å². The Labute approximate surface area is 155 Å². The SMILES string of the molecule is C1CCC(NC2CCNCC2)CC1.C1CCN(C2CCNCC2)CC1. The van der Waals surface area contributed by atoms with E-state index in [0.29, 0.717) is 0 Å². The average molecular weight is 351 g/mol. The summed E-state index contributed by atoms with van der Waals surface area (Å²) in [6, 6.07) is 2.56. The lowest BCUT2D eigenvalue weighted by atomic mass is 9.94. The van der Waals surface area contributed by atoms with E-state index in [9.17, 15) is 0 Å². The van der Waals surface area contributed by atoms with Crippen LogP contribution in [0.1, 0.15) is 77.0 Å². The second kappa shape index (κ2) is 11.5. The van der Waals surface area contributed by atoms with Crippen LogP contribution in [0.25, 0.3) is 0 Å². The minimum atomic E-state index is 0.810. The predicted molar refractivity (Wildman–Crippen MR) is 107 cm³/mol. The van der Waals surface area contributed by atoms with E-state index in [1.54, 1.807) is 0 Å². The lowest BCUT2D eigenvalue weighted by Crippen LogP contribution is -2.45. The Kier molecular flexibility index (Phi) is 9.04. The fourth-order valence-corrected chi connectivity index (χ4v) is 5.05. The van der Waals surface area contributed by atoms with Gasteiger partial charge < -0.3 is 20.9 Å². The molecule has 0 aromatic rings. The smallest absolute Gasteiger partial charge is 0.0119 e. The third kappa shape index (κ3) is 7.16. The maximum absolute atomic E-state index is 3.82. The Morgan fingerprint density at radius 2 is 1.08 bits per heavy atom. The summed E-state index contributed by atoms with van der Waals surface area (Å²) in [7, 11) is 0. The summed E-state index contributed by atoms with van der Waals surface area (Å²) in [5.74, 6) is 0. The minimum Gasteiger partial charge on any atom is -0.317 e. The molecule has 3 saturated heterocycles. The monoisotopic (exact) mass is 350 g/mol. The Balaban J connectivity index is 0.000000146.